The molecular formula is C17H27NO. The molecule has 1 saturated carbocycles. The highest BCUT2D eigenvalue weighted by atomic mass is 16.5. The Labute approximate surface area is 117 Å². The van der Waals surface area contributed by atoms with Gasteiger partial charge in [0.15, 0.2) is 0 Å². The highest BCUT2D eigenvalue weighted by molar-refractivity contribution is 5.39. The van der Waals surface area contributed by atoms with Gasteiger partial charge in [-0.2, -0.15) is 0 Å². The Bertz CT molecular complexity index is 405. The molecule has 1 aromatic rings. The average Bonchev–Trinajstić information content (AvgIpc) is 2.47. The highest BCUT2D eigenvalue weighted by Crippen LogP contribution is 2.42. The van der Waals surface area contributed by atoms with Crippen LogP contribution in [0.25, 0.3) is 0 Å². The number of ether oxygens (including phenoxy) is 1. The predicted molar refractivity (Wildman–Crippen MR) is 80.3 cm³/mol. The number of hydrogen-bond donors (Lipinski definition) is 1. The van der Waals surface area contributed by atoms with Crippen molar-refractivity contribution in [3.63, 3.8) is 0 Å². The SMILES string of the molecule is CCC1CCC(C(C)(N)c2ccccc2OC)CC1. The van der Waals surface area contributed by atoms with Gasteiger partial charge in [0, 0.05) is 11.1 Å². The van der Waals surface area contributed by atoms with E-state index in [0.717, 1.165) is 17.2 Å². The summed E-state index contributed by atoms with van der Waals surface area (Å²) in [6.07, 6.45) is 6.43. The van der Waals surface area contributed by atoms with Crippen molar-refractivity contribution < 1.29 is 4.74 Å². The Morgan fingerprint density at radius 2 is 1.84 bits per heavy atom. The van der Waals surface area contributed by atoms with E-state index in [1.54, 1.807) is 7.11 Å². The number of para-hydroxylation sites is 1. The third-order valence-corrected chi connectivity index (χ3v) is 4.96. The van der Waals surface area contributed by atoms with Crippen LogP contribution >= 0.6 is 0 Å². The van der Waals surface area contributed by atoms with Gasteiger partial charge in [0.05, 0.1) is 7.11 Å². The zero-order chi connectivity index (χ0) is 13.9. The lowest BCUT2D eigenvalue weighted by molar-refractivity contribution is 0.180. The Balaban J connectivity index is 2.18. The van der Waals surface area contributed by atoms with Gasteiger partial charge in [0.25, 0.3) is 0 Å². The lowest BCUT2D eigenvalue weighted by Gasteiger charge is -2.40. The molecule has 2 nitrogen and oxygen atoms in total. The van der Waals surface area contributed by atoms with Gasteiger partial charge in [-0.15, -0.1) is 0 Å². The summed E-state index contributed by atoms with van der Waals surface area (Å²) in [5.41, 5.74) is 7.56. The van der Waals surface area contributed by atoms with Gasteiger partial charge < -0.3 is 10.5 Å². The molecule has 0 heterocycles. The van der Waals surface area contributed by atoms with Crippen molar-refractivity contribution in [1.82, 2.24) is 0 Å². The first kappa shape index (κ1) is 14.4. The normalized spacial score (nSPS) is 26.7. The van der Waals surface area contributed by atoms with Gasteiger partial charge in [-0.05, 0) is 37.7 Å². The zero-order valence-corrected chi connectivity index (χ0v) is 12.5. The largest absolute Gasteiger partial charge is 0.496 e. The van der Waals surface area contributed by atoms with Crippen LogP contribution < -0.4 is 10.5 Å². The summed E-state index contributed by atoms with van der Waals surface area (Å²) in [4.78, 5) is 0. The molecule has 2 rings (SSSR count). The Hall–Kier alpha value is -1.02. The fourth-order valence-corrected chi connectivity index (χ4v) is 3.48. The minimum absolute atomic E-state index is 0.286. The summed E-state index contributed by atoms with van der Waals surface area (Å²) in [6.45, 7) is 4.47. The van der Waals surface area contributed by atoms with E-state index >= 15 is 0 Å². The first-order valence-corrected chi connectivity index (χ1v) is 7.52. The van der Waals surface area contributed by atoms with E-state index < -0.39 is 0 Å². The topological polar surface area (TPSA) is 35.2 Å². The van der Waals surface area contributed by atoms with Gasteiger partial charge in [0.1, 0.15) is 5.75 Å². The van der Waals surface area contributed by atoms with Gasteiger partial charge in [0.2, 0.25) is 0 Å². The molecule has 106 valence electrons. The molecule has 0 saturated heterocycles. The molecule has 0 aliphatic heterocycles. The van der Waals surface area contributed by atoms with Crippen molar-refractivity contribution in [2.75, 3.05) is 7.11 Å². The predicted octanol–water partition coefficient (Wildman–Crippen LogP) is 4.09. The lowest BCUT2D eigenvalue weighted by atomic mass is 9.69. The van der Waals surface area contributed by atoms with Crippen molar-refractivity contribution in [1.29, 1.82) is 0 Å². The second-order valence-corrected chi connectivity index (χ2v) is 6.11. The van der Waals surface area contributed by atoms with E-state index in [1.165, 1.54) is 32.1 Å². The quantitative estimate of drug-likeness (QED) is 0.886. The Morgan fingerprint density at radius 3 is 2.42 bits per heavy atom. The summed E-state index contributed by atoms with van der Waals surface area (Å²) >= 11 is 0. The maximum atomic E-state index is 6.70. The van der Waals surface area contributed by atoms with Crippen LogP contribution in [0, 0.1) is 11.8 Å². The summed E-state index contributed by atoms with van der Waals surface area (Å²) in [5.74, 6) is 2.39. The third kappa shape index (κ3) is 2.94. The van der Waals surface area contributed by atoms with Crippen LogP contribution in [-0.2, 0) is 5.54 Å². The smallest absolute Gasteiger partial charge is 0.123 e. The number of nitrogens with two attached hydrogens (primary N) is 1. The third-order valence-electron chi connectivity index (χ3n) is 4.96. The van der Waals surface area contributed by atoms with Crippen LogP contribution in [0.3, 0.4) is 0 Å². The fraction of sp³-hybridized carbons (Fsp3) is 0.647. The van der Waals surface area contributed by atoms with Crippen LogP contribution in [0.15, 0.2) is 24.3 Å². The lowest BCUT2D eigenvalue weighted by Crippen LogP contribution is -2.43. The van der Waals surface area contributed by atoms with Gasteiger partial charge in [-0.1, -0.05) is 44.4 Å². The minimum atomic E-state index is -0.286. The van der Waals surface area contributed by atoms with E-state index in [9.17, 15) is 0 Å². The maximum Gasteiger partial charge on any atom is 0.123 e. The van der Waals surface area contributed by atoms with Gasteiger partial charge in [-0.3, -0.25) is 0 Å². The van der Waals surface area contributed by atoms with Crippen molar-refractivity contribution in [2.45, 2.75) is 51.5 Å². The van der Waals surface area contributed by atoms with Gasteiger partial charge in [-0.25, -0.2) is 0 Å². The van der Waals surface area contributed by atoms with Crippen LogP contribution in [0.4, 0.5) is 0 Å². The molecule has 2 N–H and O–H groups in total. The molecule has 0 amide bonds. The first-order chi connectivity index (χ1) is 9.09. The fourth-order valence-electron chi connectivity index (χ4n) is 3.48. The van der Waals surface area contributed by atoms with E-state index in [4.69, 9.17) is 10.5 Å². The van der Waals surface area contributed by atoms with E-state index in [1.807, 2.05) is 12.1 Å². The molecule has 1 aromatic carbocycles. The van der Waals surface area contributed by atoms with Crippen LogP contribution in [-0.4, -0.2) is 7.11 Å². The number of methoxy groups -OCH3 is 1. The van der Waals surface area contributed by atoms with Crippen molar-refractivity contribution >= 4 is 0 Å². The molecule has 1 fully saturated rings. The van der Waals surface area contributed by atoms with Gasteiger partial charge >= 0.3 is 0 Å². The molecule has 1 aliphatic carbocycles. The molecule has 0 aromatic heterocycles. The van der Waals surface area contributed by atoms with Crippen molar-refractivity contribution in [3.8, 4) is 5.75 Å². The van der Waals surface area contributed by atoms with E-state index in [-0.39, 0.29) is 5.54 Å². The molecule has 0 bridgehead atoms. The molecule has 2 heteroatoms. The summed E-state index contributed by atoms with van der Waals surface area (Å²) in [7, 11) is 1.73. The van der Waals surface area contributed by atoms with Crippen LogP contribution in [0.2, 0.25) is 0 Å². The number of benzene rings is 1. The summed E-state index contributed by atoms with van der Waals surface area (Å²) in [6, 6.07) is 8.19. The maximum absolute atomic E-state index is 6.70. The standard InChI is InChI=1S/C17H27NO/c1-4-13-9-11-14(12-10-13)17(2,18)15-7-5-6-8-16(15)19-3/h5-8,13-14H,4,9-12,18H2,1-3H3. The molecule has 1 aliphatic rings. The Kier molecular flexibility index (Phi) is 4.51. The average molecular weight is 261 g/mol. The molecular weight excluding hydrogens is 234 g/mol. The molecule has 1 atom stereocenters. The molecule has 1 unspecified atom stereocenters. The second kappa shape index (κ2) is 5.96. The number of rotatable bonds is 4. The second-order valence-electron chi connectivity index (χ2n) is 6.11. The van der Waals surface area contributed by atoms with Crippen LogP contribution in [0.5, 0.6) is 5.75 Å². The molecule has 0 spiro atoms. The minimum Gasteiger partial charge on any atom is -0.496 e. The molecule has 19 heavy (non-hydrogen) atoms. The monoisotopic (exact) mass is 261 g/mol. The highest BCUT2D eigenvalue weighted by Gasteiger charge is 2.36. The summed E-state index contributed by atoms with van der Waals surface area (Å²) < 4.78 is 5.48. The van der Waals surface area contributed by atoms with Crippen molar-refractivity contribution in [3.05, 3.63) is 29.8 Å². The van der Waals surface area contributed by atoms with E-state index in [0.29, 0.717) is 5.92 Å². The van der Waals surface area contributed by atoms with Crippen molar-refractivity contribution in [2.24, 2.45) is 17.6 Å². The number of hydrogen-bond acceptors (Lipinski definition) is 2. The zero-order valence-electron chi connectivity index (χ0n) is 12.5. The summed E-state index contributed by atoms with van der Waals surface area (Å²) in [5, 5.41) is 0. The van der Waals surface area contributed by atoms with Crippen LogP contribution in [0.1, 0.15) is 51.5 Å². The van der Waals surface area contributed by atoms with E-state index in [2.05, 4.69) is 26.0 Å². The molecule has 0 radical (unpaired) electrons. The Morgan fingerprint density at radius 1 is 1.21 bits per heavy atom. The first-order valence-electron chi connectivity index (χ1n) is 7.52.